The standard InChI is InChI=1S/C9H9NP.Li/c1-2-10-7-11-9-6-4-3-5-8(9)10;/h3-6H,2H2,1H3;/q-1;+1. The fourth-order valence-electron chi connectivity index (χ4n) is 1.20. The van der Waals surface area contributed by atoms with Gasteiger partial charge in [-0.15, -0.1) is 22.8 Å². The van der Waals surface area contributed by atoms with Crippen LogP contribution in [0.25, 0.3) is 10.6 Å². The summed E-state index contributed by atoms with van der Waals surface area (Å²) >= 11 is 0. The molecular formula is C9H9LiNP. The van der Waals surface area contributed by atoms with Crippen molar-refractivity contribution < 1.29 is 18.9 Å². The molecule has 0 N–H and O–H groups in total. The average Bonchev–Trinajstić information content (AvgIpc) is 2.47. The van der Waals surface area contributed by atoms with Crippen LogP contribution in [0.3, 0.4) is 0 Å². The van der Waals surface area contributed by atoms with Crippen LogP contribution in [-0.4, -0.2) is 4.57 Å². The van der Waals surface area contributed by atoms with E-state index in [1.807, 2.05) is 0 Å². The number of rotatable bonds is 1. The first-order valence-electron chi connectivity index (χ1n) is 3.75. The van der Waals surface area contributed by atoms with E-state index in [2.05, 4.69) is 41.7 Å². The van der Waals surface area contributed by atoms with Gasteiger partial charge in [-0.1, -0.05) is 18.1 Å². The van der Waals surface area contributed by atoms with E-state index in [0.717, 1.165) is 6.54 Å². The third-order valence-corrected chi connectivity index (χ3v) is 2.74. The van der Waals surface area contributed by atoms with Crippen molar-refractivity contribution in [1.82, 2.24) is 4.57 Å². The van der Waals surface area contributed by atoms with Gasteiger partial charge in [0.15, 0.2) is 0 Å². The Labute approximate surface area is 86.1 Å². The van der Waals surface area contributed by atoms with Crippen molar-refractivity contribution in [3.8, 4) is 0 Å². The molecule has 0 aliphatic carbocycles. The quantitative estimate of drug-likeness (QED) is 0.419. The second-order valence-corrected chi connectivity index (χ2v) is 3.35. The predicted octanol–water partition coefficient (Wildman–Crippen LogP) is 0.0455. The van der Waals surface area contributed by atoms with Gasteiger partial charge in [0.05, 0.1) is 0 Å². The summed E-state index contributed by atoms with van der Waals surface area (Å²) in [5, 5.41) is 1.37. The summed E-state index contributed by atoms with van der Waals surface area (Å²) in [4.78, 5) is 0. The smallest absolute Gasteiger partial charge is 0.460 e. The monoisotopic (exact) mass is 169 g/mol. The SMILES string of the molecule is CCn1[c-]pc2ccccc21.[Li+]. The second kappa shape index (κ2) is 4.15. The van der Waals surface area contributed by atoms with Crippen molar-refractivity contribution in [3.63, 3.8) is 0 Å². The van der Waals surface area contributed by atoms with E-state index < -0.39 is 0 Å². The van der Waals surface area contributed by atoms with Crippen molar-refractivity contribution in [2.45, 2.75) is 13.5 Å². The molecule has 3 heteroatoms. The minimum atomic E-state index is 0. The molecule has 0 amide bonds. The molecule has 0 unspecified atom stereocenters. The van der Waals surface area contributed by atoms with Crippen molar-refractivity contribution in [1.29, 1.82) is 0 Å². The Morgan fingerprint density at radius 2 is 2.17 bits per heavy atom. The van der Waals surface area contributed by atoms with Crippen LogP contribution < -0.4 is 18.9 Å². The Kier molecular flexibility index (Phi) is 3.41. The number of aromatic nitrogens is 1. The normalized spacial score (nSPS) is 10.4. The Balaban J connectivity index is 0.000000720. The molecule has 12 heavy (non-hydrogen) atoms. The van der Waals surface area contributed by atoms with Gasteiger partial charge in [0.2, 0.25) is 0 Å². The maximum atomic E-state index is 3.28. The molecule has 0 aliphatic heterocycles. The minimum Gasteiger partial charge on any atom is -0.460 e. The number of aryl methyl sites for hydroxylation is 1. The largest absolute Gasteiger partial charge is 1.00 e. The molecule has 2 rings (SSSR count). The maximum absolute atomic E-state index is 3.28. The minimum absolute atomic E-state index is 0. The molecule has 0 atom stereocenters. The van der Waals surface area contributed by atoms with Crippen molar-refractivity contribution in [2.75, 3.05) is 0 Å². The van der Waals surface area contributed by atoms with E-state index in [-0.39, 0.29) is 18.9 Å². The van der Waals surface area contributed by atoms with Crippen molar-refractivity contribution >= 4 is 18.8 Å². The molecule has 0 saturated carbocycles. The van der Waals surface area contributed by atoms with Gasteiger partial charge in [0.1, 0.15) is 0 Å². The van der Waals surface area contributed by atoms with Gasteiger partial charge in [-0.2, -0.15) is 0 Å². The van der Waals surface area contributed by atoms with Crippen LogP contribution >= 0.6 is 8.19 Å². The van der Waals surface area contributed by atoms with Crippen molar-refractivity contribution in [2.24, 2.45) is 0 Å². The van der Waals surface area contributed by atoms with Crippen LogP contribution in [0.1, 0.15) is 6.92 Å². The Morgan fingerprint density at radius 3 is 2.92 bits per heavy atom. The summed E-state index contributed by atoms with van der Waals surface area (Å²) in [6.07, 6.45) is 0. The molecule has 1 heterocycles. The molecule has 2 aromatic rings. The third-order valence-electron chi connectivity index (χ3n) is 1.78. The van der Waals surface area contributed by atoms with Gasteiger partial charge in [0.25, 0.3) is 0 Å². The van der Waals surface area contributed by atoms with Crippen LogP contribution in [0, 0.1) is 5.93 Å². The zero-order chi connectivity index (χ0) is 7.68. The molecule has 1 aromatic carbocycles. The Bertz CT molecular complexity index is 369. The number of para-hydroxylation sites is 1. The van der Waals surface area contributed by atoms with E-state index in [1.54, 1.807) is 0 Å². The number of hydrogen-bond acceptors (Lipinski definition) is 0. The van der Waals surface area contributed by atoms with Crippen LogP contribution in [-0.2, 0) is 6.54 Å². The van der Waals surface area contributed by atoms with Gasteiger partial charge in [0, 0.05) is 0 Å². The van der Waals surface area contributed by atoms with Gasteiger partial charge in [-0.05, 0) is 13.5 Å². The molecule has 0 bridgehead atoms. The van der Waals surface area contributed by atoms with Crippen molar-refractivity contribution in [3.05, 3.63) is 30.2 Å². The first kappa shape index (κ1) is 9.87. The summed E-state index contributed by atoms with van der Waals surface area (Å²) < 4.78 is 2.16. The molecule has 0 aliphatic rings. The first-order chi connectivity index (χ1) is 5.42. The van der Waals surface area contributed by atoms with E-state index >= 15 is 0 Å². The number of nitrogens with zero attached hydrogens (tertiary/aromatic N) is 1. The molecule has 0 spiro atoms. The fraction of sp³-hybridized carbons (Fsp3) is 0.222. The first-order valence-corrected chi connectivity index (χ1v) is 4.64. The summed E-state index contributed by atoms with van der Waals surface area (Å²) in [6.45, 7) is 3.16. The maximum Gasteiger partial charge on any atom is 1.00 e. The molecule has 1 nitrogen and oxygen atoms in total. The second-order valence-electron chi connectivity index (χ2n) is 2.44. The zero-order valence-electron chi connectivity index (χ0n) is 7.41. The average molecular weight is 169 g/mol. The third kappa shape index (κ3) is 1.59. The fourth-order valence-corrected chi connectivity index (χ4v) is 2.14. The van der Waals surface area contributed by atoms with E-state index in [4.69, 9.17) is 0 Å². The Hall–Kier alpha value is -0.213. The summed E-state index contributed by atoms with van der Waals surface area (Å²) in [6, 6.07) is 8.45. The summed E-state index contributed by atoms with van der Waals surface area (Å²) in [7, 11) is 1.21. The van der Waals surface area contributed by atoms with E-state index in [1.165, 1.54) is 18.8 Å². The van der Waals surface area contributed by atoms with Crippen LogP contribution in [0.2, 0.25) is 0 Å². The topological polar surface area (TPSA) is 4.93 Å². The molecular weight excluding hydrogens is 160 g/mol. The number of fused-ring (bicyclic) bond motifs is 1. The summed E-state index contributed by atoms with van der Waals surface area (Å²) in [5.41, 5.74) is 1.32. The Morgan fingerprint density at radius 1 is 1.42 bits per heavy atom. The molecule has 0 saturated heterocycles. The van der Waals surface area contributed by atoms with Gasteiger partial charge in [-0.25, -0.2) is 8.19 Å². The predicted molar refractivity (Wildman–Crippen MR) is 49.0 cm³/mol. The van der Waals surface area contributed by atoms with Crippen LogP contribution in [0.5, 0.6) is 0 Å². The van der Waals surface area contributed by atoms with Gasteiger partial charge >= 0.3 is 18.9 Å². The molecule has 0 fully saturated rings. The summed E-state index contributed by atoms with van der Waals surface area (Å²) in [5.74, 6) is 3.28. The number of benzene rings is 1. The van der Waals surface area contributed by atoms with E-state index in [0.29, 0.717) is 0 Å². The molecule has 0 radical (unpaired) electrons. The molecule has 56 valence electrons. The molecule has 1 aromatic heterocycles. The van der Waals surface area contributed by atoms with Gasteiger partial charge in [-0.3, -0.25) is 0 Å². The number of hydrogen-bond donors (Lipinski definition) is 0. The van der Waals surface area contributed by atoms with Crippen LogP contribution in [0.4, 0.5) is 0 Å². The van der Waals surface area contributed by atoms with E-state index in [9.17, 15) is 0 Å². The van der Waals surface area contributed by atoms with Gasteiger partial charge < -0.3 is 4.57 Å². The van der Waals surface area contributed by atoms with Crippen LogP contribution in [0.15, 0.2) is 24.3 Å². The zero-order valence-corrected chi connectivity index (χ0v) is 8.31.